The van der Waals surface area contributed by atoms with Crippen molar-refractivity contribution in [2.24, 2.45) is 5.73 Å². The summed E-state index contributed by atoms with van der Waals surface area (Å²) in [6.07, 6.45) is 4.99. The minimum Gasteiger partial charge on any atom is -0.387 e. The van der Waals surface area contributed by atoms with E-state index in [0.717, 1.165) is 11.0 Å². The Labute approximate surface area is 98.3 Å². The smallest absolute Gasteiger partial charge is 0.191 e. The fourth-order valence-electron chi connectivity index (χ4n) is 1.82. The molecule has 16 heavy (non-hydrogen) atoms. The number of hydrogen-bond donors (Lipinski definition) is 2. The lowest BCUT2D eigenvalue weighted by Gasteiger charge is -2.07. The molecular formula is C10H15N5S. The van der Waals surface area contributed by atoms with E-state index in [1.54, 1.807) is 0 Å². The maximum absolute atomic E-state index is 7.24. The summed E-state index contributed by atoms with van der Waals surface area (Å²) in [6, 6.07) is 0.611. The first-order valence-electron chi connectivity index (χ1n) is 5.66. The first kappa shape index (κ1) is 10.1. The van der Waals surface area contributed by atoms with Gasteiger partial charge in [0.15, 0.2) is 5.16 Å². The van der Waals surface area contributed by atoms with Crippen LogP contribution in [0.2, 0.25) is 0 Å². The normalized spacial score (nSPS) is 20.0. The molecule has 0 bridgehead atoms. The molecule has 0 radical (unpaired) electrons. The monoisotopic (exact) mass is 237 g/mol. The van der Waals surface area contributed by atoms with E-state index in [1.807, 2.05) is 0 Å². The quantitative estimate of drug-likeness (QED) is 0.462. The fraction of sp³-hybridized carbons (Fsp3) is 0.700. The summed E-state index contributed by atoms with van der Waals surface area (Å²) in [6.45, 7) is 0. The lowest BCUT2D eigenvalue weighted by Crippen LogP contribution is -2.13. The third kappa shape index (κ3) is 1.93. The number of aromatic nitrogens is 3. The van der Waals surface area contributed by atoms with Crippen LogP contribution < -0.4 is 5.73 Å². The van der Waals surface area contributed by atoms with Crippen LogP contribution in [0.5, 0.6) is 0 Å². The van der Waals surface area contributed by atoms with Crippen molar-refractivity contribution in [1.82, 2.24) is 14.8 Å². The first-order valence-corrected chi connectivity index (χ1v) is 6.64. The summed E-state index contributed by atoms with van der Waals surface area (Å²) in [7, 11) is 0. The average molecular weight is 237 g/mol. The average Bonchev–Trinajstić information content (AvgIpc) is 3.13. The van der Waals surface area contributed by atoms with Crippen LogP contribution in [-0.4, -0.2) is 26.4 Å². The summed E-state index contributed by atoms with van der Waals surface area (Å²) in [5.74, 6) is 2.51. The first-order chi connectivity index (χ1) is 7.75. The van der Waals surface area contributed by atoms with E-state index in [2.05, 4.69) is 14.8 Å². The Balaban J connectivity index is 1.82. The molecule has 3 N–H and O–H groups in total. The van der Waals surface area contributed by atoms with Gasteiger partial charge in [0.1, 0.15) is 11.7 Å². The predicted molar refractivity (Wildman–Crippen MR) is 62.9 cm³/mol. The van der Waals surface area contributed by atoms with Crippen LogP contribution in [0.25, 0.3) is 0 Å². The molecule has 0 spiro atoms. The highest BCUT2D eigenvalue weighted by molar-refractivity contribution is 7.99. The van der Waals surface area contributed by atoms with Gasteiger partial charge in [0.05, 0.1) is 5.75 Å². The van der Waals surface area contributed by atoms with Gasteiger partial charge in [-0.1, -0.05) is 11.8 Å². The van der Waals surface area contributed by atoms with Crippen molar-refractivity contribution in [3.63, 3.8) is 0 Å². The summed E-state index contributed by atoms with van der Waals surface area (Å²) in [5.41, 5.74) is 5.37. The predicted octanol–water partition coefficient (Wildman–Crippen LogP) is 1.52. The van der Waals surface area contributed by atoms with Crippen molar-refractivity contribution in [1.29, 1.82) is 5.41 Å². The highest BCUT2D eigenvalue weighted by atomic mass is 32.2. The molecule has 5 nitrogen and oxygen atoms in total. The van der Waals surface area contributed by atoms with Crippen molar-refractivity contribution in [3.8, 4) is 0 Å². The number of hydrogen-bond acceptors (Lipinski definition) is 4. The summed E-state index contributed by atoms with van der Waals surface area (Å²) < 4.78 is 2.28. The fourth-order valence-corrected chi connectivity index (χ4v) is 2.59. The summed E-state index contributed by atoms with van der Waals surface area (Å²) in [4.78, 5) is 0. The molecule has 2 aliphatic carbocycles. The highest BCUT2D eigenvalue weighted by Crippen LogP contribution is 2.45. The van der Waals surface area contributed by atoms with Crippen LogP contribution in [0, 0.1) is 5.41 Å². The standard InChI is InChI=1S/C10H15N5S/c11-8(12)5-16-10-14-13-9(6-1-2-6)15(10)7-3-4-7/h6-7H,1-5H2,(H3,11,12). The molecule has 1 aromatic heterocycles. The Kier molecular flexibility index (Phi) is 2.38. The second-order valence-corrected chi connectivity index (χ2v) is 5.47. The second kappa shape index (κ2) is 3.76. The SMILES string of the molecule is N=C(N)CSc1nnc(C2CC2)n1C1CC1. The van der Waals surface area contributed by atoms with E-state index in [9.17, 15) is 0 Å². The van der Waals surface area contributed by atoms with Gasteiger partial charge in [-0.2, -0.15) is 0 Å². The Morgan fingerprint density at radius 1 is 1.38 bits per heavy atom. The number of thioether (sulfide) groups is 1. The van der Waals surface area contributed by atoms with E-state index < -0.39 is 0 Å². The topological polar surface area (TPSA) is 80.6 Å². The van der Waals surface area contributed by atoms with Gasteiger partial charge in [0.25, 0.3) is 0 Å². The molecule has 2 fully saturated rings. The lowest BCUT2D eigenvalue weighted by atomic mass is 10.4. The van der Waals surface area contributed by atoms with E-state index in [-0.39, 0.29) is 5.84 Å². The van der Waals surface area contributed by atoms with Crippen LogP contribution >= 0.6 is 11.8 Å². The zero-order valence-corrected chi connectivity index (χ0v) is 9.83. The molecule has 0 unspecified atom stereocenters. The number of nitrogens with two attached hydrogens (primary N) is 1. The van der Waals surface area contributed by atoms with E-state index in [0.29, 0.717) is 17.7 Å². The minimum absolute atomic E-state index is 0.198. The molecule has 3 rings (SSSR count). The van der Waals surface area contributed by atoms with Crippen molar-refractivity contribution >= 4 is 17.6 Å². The van der Waals surface area contributed by atoms with Crippen LogP contribution in [0.4, 0.5) is 0 Å². The van der Waals surface area contributed by atoms with Gasteiger partial charge in [-0.25, -0.2) is 0 Å². The van der Waals surface area contributed by atoms with E-state index in [4.69, 9.17) is 11.1 Å². The van der Waals surface area contributed by atoms with Gasteiger partial charge in [-0.3, -0.25) is 5.41 Å². The second-order valence-electron chi connectivity index (χ2n) is 4.53. The molecule has 0 aromatic carbocycles. The molecule has 2 aliphatic rings. The molecule has 0 aliphatic heterocycles. The van der Waals surface area contributed by atoms with Gasteiger partial charge in [-0.05, 0) is 25.7 Å². The van der Waals surface area contributed by atoms with Gasteiger partial charge in [0.2, 0.25) is 0 Å². The molecule has 6 heteroatoms. The van der Waals surface area contributed by atoms with E-state index in [1.165, 1.54) is 37.4 Å². The van der Waals surface area contributed by atoms with Crippen LogP contribution in [0.15, 0.2) is 5.16 Å². The highest BCUT2D eigenvalue weighted by Gasteiger charge is 2.36. The molecule has 2 saturated carbocycles. The van der Waals surface area contributed by atoms with Crippen molar-refractivity contribution in [2.45, 2.75) is 42.8 Å². The van der Waals surface area contributed by atoms with Crippen molar-refractivity contribution in [2.75, 3.05) is 5.75 Å². The molecule has 1 aromatic rings. The largest absolute Gasteiger partial charge is 0.387 e. The Hall–Kier alpha value is -1.04. The third-order valence-corrected chi connectivity index (χ3v) is 3.89. The minimum atomic E-state index is 0.198. The van der Waals surface area contributed by atoms with Gasteiger partial charge < -0.3 is 10.3 Å². The molecular weight excluding hydrogens is 222 g/mol. The van der Waals surface area contributed by atoms with Crippen LogP contribution in [-0.2, 0) is 0 Å². The maximum atomic E-state index is 7.24. The summed E-state index contributed by atoms with van der Waals surface area (Å²) >= 11 is 1.53. The zero-order valence-electron chi connectivity index (χ0n) is 9.02. The molecule has 86 valence electrons. The maximum Gasteiger partial charge on any atom is 0.191 e. The number of nitrogens with zero attached hydrogens (tertiary/aromatic N) is 3. The molecule has 0 saturated heterocycles. The Bertz CT molecular complexity index is 419. The zero-order chi connectivity index (χ0) is 11.1. The molecule has 0 amide bonds. The lowest BCUT2D eigenvalue weighted by molar-refractivity contribution is 0.627. The summed E-state index contributed by atoms with van der Waals surface area (Å²) in [5, 5.41) is 16.7. The van der Waals surface area contributed by atoms with Crippen LogP contribution in [0.3, 0.4) is 0 Å². The number of rotatable bonds is 5. The van der Waals surface area contributed by atoms with Crippen molar-refractivity contribution < 1.29 is 0 Å². The third-order valence-electron chi connectivity index (χ3n) is 2.90. The van der Waals surface area contributed by atoms with E-state index >= 15 is 0 Å². The Morgan fingerprint density at radius 3 is 2.69 bits per heavy atom. The van der Waals surface area contributed by atoms with Gasteiger partial charge >= 0.3 is 0 Å². The molecule has 1 heterocycles. The number of nitrogens with one attached hydrogen (secondary N) is 1. The van der Waals surface area contributed by atoms with Gasteiger partial charge in [0, 0.05) is 12.0 Å². The van der Waals surface area contributed by atoms with Gasteiger partial charge in [-0.15, -0.1) is 10.2 Å². The molecule has 0 atom stereocenters. The number of amidine groups is 1. The Morgan fingerprint density at radius 2 is 2.12 bits per heavy atom. The van der Waals surface area contributed by atoms with Crippen LogP contribution in [0.1, 0.15) is 43.5 Å². The van der Waals surface area contributed by atoms with Crippen molar-refractivity contribution in [3.05, 3.63) is 5.82 Å².